The fourth-order valence-electron chi connectivity index (χ4n) is 2.35. The fraction of sp³-hybridized carbons (Fsp3) is 0.111. The quantitative estimate of drug-likeness (QED) is 0.490. The number of hydrogen-bond acceptors (Lipinski definition) is 2. The minimum Gasteiger partial charge on any atom is -0.497 e. The molecule has 3 rings (SSSR count). The largest absolute Gasteiger partial charge is 0.497 e. The van der Waals surface area contributed by atoms with Gasteiger partial charge in [-0.2, -0.15) is 0 Å². The molecule has 3 aromatic carbocycles. The van der Waals surface area contributed by atoms with E-state index in [1.54, 1.807) is 7.11 Å². The van der Waals surface area contributed by atoms with Crippen LogP contribution in [-0.4, -0.2) is 15.0 Å². The molecule has 2 radical (unpaired) electrons. The molecule has 2 nitrogen and oxygen atoms in total. The zero-order chi connectivity index (χ0) is 15.5. The summed E-state index contributed by atoms with van der Waals surface area (Å²) < 4.78 is 12.4. The predicted molar refractivity (Wildman–Crippen MR) is 99.4 cm³/mol. The van der Waals surface area contributed by atoms with E-state index < -0.39 is 0 Å². The average Bonchev–Trinajstić information content (AvgIpc) is 2.55. The van der Waals surface area contributed by atoms with Crippen LogP contribution in [0.15, 0.2) is 54.6 Å². The van der Waals surface area contributed by atoms with E-state index in [9.17, 15) is 0 Å². The van der Waals surface area contributed by atoms with Gasteiger partial charge >= 0.3 is 0 Å². The maximum Gasteiger partial charge on any atom is 0.127 e. The van der Waals surface area contributed by atoms with Gasteiger partial charge in [-0.15, -0.1) is 0 Å². The zero-order valence-electron chi connectivity index (χ0n) is 12.2. The Hall–Kier alpha value is -1.69. The van der Waals surface area contributed by atoms with E-state index in [4.69, 9.17) is 17.3 Å². The normalized spacial score (nSPS) is 10.6. The third kappa shape index (κ3) is 3.22. The first-order valence-electron chi connectivity index (χ1n) is 6.91. The highest BCUT2D eigenvalue weighted by Crippen LogP contribution is 2.29. The Bertz CT molecular complexity index is 817. The number of hydrogen-bond donors (Lipinski definition) is 0. The Kier molecular flexibility index (Phi) is 4.57. The number of benzene rings is 3. The summed E-state index contributed by atoms with van der Waals surface area (Å²) in [6, 6.07) is 17.8. The van der Waals surface area contributed by atoms with Gasteiger partial charge in [-0.25, -0.2) is 0 Å². The smallest absolute Gasteiger partial charge is 0.127 e. The van der Waals surface area contributed by atoms with Gasteiger partial charge < -0.3 is 9.47 Å². The maximum atomic E-state index is 6.01. The van der Waals surface area contributed by atoms with Crippen LogP contribution < -0.4 is 14.9 Å². The van der Waals surface area contributed by atoms with E-state index in [0.29, 0.717) is 6.61 Å². The Labute approximate surface area is 145 Å². The van der Waals surface area contributed by atoms with Gasteiger partial charge in [0, 0.05) is 14.5 Å². The van der Waals surface area contributed by atoms with Gasteiger partial charge in [0.2, 0.25) is 0 Å². The highest BCUT2D eigenvalue weighted by molar-refractivity contribution is 14.1. The van der Waals surface area contributed by atoms with Gasteiger partial charge in [-0.3, -0.25) is 0 Å². The Morgan fingerprint density at radius 3 is 2.73 bits per heavy atom. The monoisotopic (exact) mass is 400 g/mol. The first-order chi connectivity index (χ1) is 10.7. The van der Waals surface area contributed by atoms with Gasteiger partial charge in [0.25, 0.3) is 0 Å². The summed E-state index contributed by atoms with van der Waals surface area (Å²) in [5, 5.41) is 2.17. The van der Waals surface area contributed by atoms with Crippen LogP contribution >= 0.6 is 22.6 Å². The van der Waals surface area contributed by atoms with Crippen molar-refractivity contribution in [1.29, 1.82) is 0 Å². The predicted octanol–water partition coefficient (Wildman–Crippen LogP) is 3.83. The van der Waals surface area contributed by atoms with Crippen molar-refractivity contribution >= 4 is 46.7 Å². The third-order valence-corrected chi connectivity index (χ3v) is 4.55. The van der Waals surface area contributed by atoms with Crippen LogP contribution in [-0.2, 0) is 6.61 Å². The van der Waals surface area contributed by atoms with Gasteiger partial charge in [0.1, 0.15) is 26.0 Å². The van der Waals surface area contributed by atoms with Crippen molar-refractivity contribution in [2.75, 3.05) is 7.11 Å². The van der Waals surface area contributed by atoms with Crippen LogP contribution in [0.3, 0.4) is 0 Å². The van der Waals surface area contributed by atoms with E-state index in [2.05, 4.69) is 28.7 Å². The lowest BCUT2D eigenvalue weighted by molar-refractivity contribution is 0.309. The highest BCUT2D eigenvalue weighted by Gasteiger charge is 2.06. The molecule has 0 bridgehead atoms. The van der Waals surface area contributed by atoms with Crippen molar-refractivity contribution in [1.82, 2.24) is 0 Å². The SMILES string of the molecule is [B]c1ccc(I)c(COc2cccc3cc(OC)ccc23)c1. The molecule has 22 heavy (non-hydrogen) atoms. The van der Waals surface area contributed by atoms with Gasteiger partial charge in [-0.1, -0.05) is 29.7 Å². The van der Waals surface area contributed by atoms with Crippen molar-refractivity contribution in [2.24, 2.45) is 0 Å². The zero-order valence-corrected chi connectivity index (χ0v) is 14.3. The third-order valence-electron chi connectivity index (χ3n) is 3.50. The molecule has 0 amide bonds. The lowest BCUT2D eigenvalue weighted by Gasteiger charge is -2.12. The summed E-state index contributed by atoms with van der Waals surface area (Å²) in [4.78, 5) is 0. The Morgan fingerprint density at radius 1 is 1.05 bits per heavy atom. The van der Waals surface area contributed by atoms with E-state index >= 15 is 0 Å². The van der Waals surface area contributed by atoms with E-state index in [1.165, 1.54) is 0 Å². The van der Waals surface area contributed by atoms with E-state index in [-0.39, 0.29) is 0 Å². The minimum absolute atomic E-state index is 0.494. The number of ether oxygens (including phenoxy) is 2. The summed E-state index contributed by atoms with van der Waals surface area (Å²) in [5.74, 6) is 1.70. The van der Waals surface area contributed by atoms with Gasteiger partial charge in [-0.05, 0) is 58.3 Å². The van der Waals surface area contributed by atoms with Crippen molar-refractivity contribution < 1.29 is 9.47 Å². The molecule has 3 aromatic rings. The molecule has 4 heteroatoms. The number of methoxy groups -OCH3 is 1. The maximum absolute atomic E-state index is 6.01. The lowest BCUT2D eigenvalue weighted by atomic mass is 9.95. The molecule has 108 valence electrons. The van der Waals surface area contributed by atoms with Crippen molar-refractivity contribution in [3.05, 3.63) is 63.7 Å². The molecule has 0 atom stereocenters. The second-order valence-electron chi connectivity index (χ2n) is 4.98. The molecule has 0 aliphatic heterocycles. The molecule has 0 fully saturated rings. The molecule has 0 aromatic heterocycles. The van der Waals surface area contributed by atoms with Crippen LogP contribution in [0.4, 0.5) is 0 Å². The van der Waals surface area contributed by atoms with Crippen LogP contribution in [0.5, 0.6) is 11.5 Å². The molecule has 0 unspecified atom stereocenters. The number of halogens is 1. The van der Waals surface area contributed by atoms with Gasteiger partial charge in [0.05, 0.1) is 7.11 Å². The summed E-state index contributed by atoms with van der Waals surface area (Å²) in [6.07, 6.45) is 0. The topological polar surface area (TPSA) is 18.5 Å². The molecule has 0 aliphatic carbocycles. The molecular formula is C18H14BIO2. The standard InChI is InChI=1S/C18H14BIO2/c1-21-15-6-7-16-12(10-15)3-2-4-18(16)22-11-13-9-14(19)5-8-17(13)20/h2-10H,11H2,1H3. The van der Waals surface area contributed by atoms with Crippen molar-refractivity contribution in [3.63, 3.8) is 0 Å². The Morgan fingerprint density at radius 2 is 1.91 bits per heavy atom. The van der Waals surface area contributed by atoms with Crippen LogP contribution in [0.25, 0.3) is 10.8 Å². The summed E-state index contributed by atoms with van der Waals surface area (Å²) in [6.45, 7) is 0.494. The first kappa shape index (κ1) is 15.2. The van der Waals surface area contributed by atoms with Crippen LogP contribution in [0, 0.1) is 3.57 Å². The lowest BCUT2D eigenvalue weighted by Crippen LogP contribution is -2.07. The number of fused-ring (bicyclic) bond motifs is 1. The van der Waals surface area contributed by atoms with Gasteiger partial charge in [0.15, 0.2) is 0 Å². The Balaban J connectivity index is 1.89. The second kappa shape index (κ2) is 6.61. The second-order valence-corrected chi connectivity index (χ2v) is 6.14. The molecule has 0 aliphatic rings. The molecule has 0 saturated carbocycles. The molecule has 0 saturated heterocycles. The first-order valence-corrected chi connectivity index (χ1v) is 7.99. The molecular weight excluding hydrogens is 386 g/mol. The summed E-state index contributed by atoms with van der Waals surface area (Å²) in [7, 11) is 7.52. The summed E-state index contributed by atoms with van der Waals surface area (Å²) >= 11 is 2.30. The molecule has 0 spiro atoms. The van der Waals surface area contributed by atoms with Crippen LogP contribution in [0.1, 0.15) is 5.56 Å². The fourth-order valence-corrected chi connectivity index (χ4v) is 2.84. The van der Waals surface area contributed by atoms with E-state index in [1.807, 2.05) is 48.5 Å². The van der Waals surface area contributed by atoms with Crippen molar-refractivity contribution in [2.45, 2.75) is 6.61 Å². The number of rotatable bonds is 4. The van der Waals surface area contributed by atoms with E-state index in [0.717, 1.165) is 36.9 Å². The minimum atomic E-state index is 0.494. The summed E-state index contributed by atoms with van der Waals surface area (Å²) in [5.41, 5.74) is 1.84. The molecule has 0 N–H and O–H groups in total. The average molecular weight is 400 g/mol. The van der Waals surface area contributed by atoms with Crippen LogP contribution in [0.2, 0.25) is 0 Å². The molecule has 0 heterocycles. The van der Waals surface area contributed by atoms with Crippen molar-refractivity contribution in [3.8, 4) is 11.5 Å². The highest BCUT2D eigenvalue weighted by atomic mass is 127.